The lowest BCUT2D eigenvalue weighted by atomic mass is 10.1. The smallest absolute Gasteiger partial charge is 0.310 e. The molecule has 1 aliphatic rings. The number of carbonyl (C=O) groups is 2. The Morgan fingerprint density at radius 3 is 3.00 bits per heavy atom. The third-order valence-electron chi connectivity index (χ3n) is 3.81. The fourth-order valence-corrected chi connectivity index (χ4v) is 2.67. The van der Waals surface area contributed by atoms with Gasteiger partial charge in [-0.05, 0) is 30.0 Å². The van der Waals surface area contributed by atoms with E-state index in [1.165, 1.54) is 7.11 Å². The summed E-state index contributed by atoms with van der Waals surface area (Å²) in [5, 5.41) is 1.08. The second-order valence-corrected chi connectivity index (χ2v) is 5.04. The predicted octanol–water partition coefficient (Wildman–Crippen LogP) is 1.80. The second kappa shape index (κ2) is 5.00. The Bertz CT molecular complexity index is 662. The fraction of sp³-hybridized carbons (Fsp3) is 0.333. The van der Waals surface area contributed by atoms with Gasteiger partial charge in [0, 0.05) is 30.4 Å². The number of benzene rings is 1. The van der Waals surface area contributed by atoms with Crippen LogP contribution in [0.2, 0.25) is 0 Å². The number of hydrogen-bond acceptors (Lipinski definition) is 3. The lowest BCUT2D eigenvalue weighted by molar-refractivity contribution is -0.144. The average Bonchev–Trinajstić information content (AvgIpc) is 3.13. The van der Waals surface area contributed by atoms with Crippen LogP contribution >= 0.6 is 0 Å². The van der Waals surface area contributed by atoms with E-state index in [1.807, 2.05) is 30.5 Å². The number of ether oxygens (including phenoxy) is 1. The zero-order chi connectivity index (χ0) is 14.1. The van der Waals surface area contributed by atoms with Gasteiger partial charge < -0.3 is 14.6 Å². The first-order chi connectivity index (χ1) is 9.69. The maximum atomic E-state index is 12.4. The minimum absolute atomic E-state index is 0.0343. The van der Waals surface area contributed by atoms with Crippen LogP contribution in [0, 0.1) is 5.92 Å². The Morgan fingerprint density at radius 1 is 1.35 bits per heavy atom. The molecule has 2 aromatic rings. The van der Waals surface area contributed by atoms with Crippen molar-refractivity contribution >= 4 is 22.8 Å². The molecule has 1 saturated heterocycles. The highest BCUT2D eigenvalue weighted by Crippen LogP contribution is 2.21. The van der Waals surface area contributed by atoms with Crippen LogP contribution in [-0.2, 0) is 9.53 Å². The topological polar surface area (TPSA) is 62.4 Å². The molecular formula is C15H16N2O3. The molecule has 1 aromatic carbocycles. The number of H-pyrrole nitrogens is 1. The van der Waals surface area contributed by atoms with E-state index in [0.717, 1.165) is 10.9 Å². The van der Waals surface area contributed by atoms with Crippen molar-refractivity contribution in [2.75, 3.05) is 20.2 Å². The van der Waals surface area contributed by atoms with E-state index < -0.39 is 0 Å². The Balaban J connectivity index is 1.77. The number of carbonyl (C=O) groups excluding carboxylic acids is 2. The van der Waals surface area contributed by atoms with Gasteiger partial charge in [0.05, 0.1) is 13.0 Å². The SMILES string of the molecule is COC(=O)C1CCN(C(=O)c2ccc3cc[nH]c3c2)C1. The largest absolute Gasteiger partial charge is 0.469 e. The van der Waals surface area contributed by atoms with Gasteiger partial charge in [0.25, 0.3) is 5.91 Å². The number of esters is 1. The van der Waals surface area contributed by atoms with Crippen molar-refractivity contribution in [3.63, 3.8) is 0 Å². The summed E-state index contributed by atoms with van der Waals surface area (Å²) in [4.78, 5) is 28.7. The summed E-state index contributed by atoms with van der Waals surface area (Å²) in [6.45, 7) is 1.04. The van der Waals surface area contributed by atoms with Crippen molar-refractivity contribution in [1.82, 2.24) is 9.88 Å². The lowest BCUT2D eigenvalue weighted by Gasteiger charge is -2.16. The normalized spacial score (nSPS) is 18.4. The van der Waals surface area contributed by atoms with Crippen molar-refractivity contribution in [1.29, 1.82) is 0 Å². The summed E-state index contributed by atoms with van der Waals surface area (Å²) in [6.07, 6.45) is 2.52. The fourth-order valence-electron chi connectivity index (χ4n) is 2.67. The number of aromatic amines is 1. The number of rotatable bonds is 2. The molecule has 1 unspecified atom stereocenters. The maximum absolute atomic E-state index is 12.4. The van der Waals surface area contributed by atoms with Gasteiger partial charge in [-0.2, -0.15) is 0 Å². The van der Waals surface area contributed by atoms with Crippen LogP contribution in [0.4, 0.5) is 0 Å². The molecule has 1 aliphatic heterocycles. The molecule has 0 bridgehead atoms. The number of aromatic nitrogens is 1. The molecule has 2 heterocycles. The van der Waals surface area contributed by atoms with Crippen LogP contribution in [0.15, 0.2) is 30.5 Å². The highest BCUT2D eigenvalue weighted by molar-refractivity contribution is 5.98. The number of amides is 1. The monoisotopic (exact) mass is 272 g/mol. The van der Waals surface area contributed by atoms with Crippen LogP contribution in [0.5, 0.6) is 0 Å². The van der Waals surface area contributed by atoms with Crippen molar-refractivity contribution in [2.24, 2.45) is 5.92 Å². The van der Waals surface area contributed by atoms with Crippen LogP contribution in [0.3, 0.4) is 0 Å². The standard InChI is InChI=1S/C15H16N2O3/c1-20-15(19)12-5-7-17(9-12)14(18)11-3-2-10-4-6-16-13(10)8-11/h2-4,6,8,12,16H,5,7,9H2,1H3. The lowest BCUT2D eigenvalue weighted by Crippen LogP contribution is -2.30. The summed E-state index contributed by atoms with van der Waals surface area (Å²) in [5.74, 6) is -0.466. The van der Waals surface area contributed by atoms with E-state index in [-0.39, 0.29) is 17.8 Å². The van der Waals surface area contributed by atoms with Crippen molar-refractivity contribution < 1.29 is 14.3 Å². The molecular weight excluding hydrogens is 256 g/mol. The molecule has 104 valence electrons. The van der Waals surface area contributed by atoms with E-state index >= 15 is 0 Å². The molecule has 20 heavy (non-hydrogen) atoms. The van der Waals surface area contributed by atoms with Gasteiger partial charge >= 0.3 is 5.97 Å². The van der Waals surface area contributed by atoms with Gasteiger partial charge in [-0.25, -0.2) is 0 Å². The molecule has 1 fully saturated rings. The van der Waals surface area contributed by atoms with Crippen LogP contribution in [0.25, 0.3) is 10.9 Å². The minimum Gasteiger partial charge on any atom is -0.469 e. The predicted molar refractivity (Wildman–Crippen MR) is 74.3 cm³/mol. The molecule has 5 nitrogen and oxygen atoms in total. The minimum atomic E-state index is -0.236. The van der Waals surface area contributed by atoms with E-state index in [9.17, 15) is 9.59 Å². The Morgan fingerprint density at radius 2 is 2.20 bits per heavy atom. The Labute approximate surface area is 116 Å². The molecule has 1 amide bonds. The summed E-state index contributed by atoms with van der Waals surface area (Å²) in [6, 6.07) is 7.56. The van der Waals surface area contributed by atoms with Gasteiger partial charge in [0.15, 0.2) is 0 Å². The Hall–Kier alpha value is -2.30. The van der Waals surface area contributed by atoms with Crippen LogP contribution in [-0.4, -0.2) is 42.0 Å². The van der Waals surface area contributed by atoms with Crippen molar-refractivity contribution in [3.8, 4) is 0 Å². The quantitative estimate of drug-likeness (QED) is 0.848. The molecule has 0 spiro atoms. The molecule has 1 N–H and O–H groups in total. The van der Waals surface area contributed by atoms with E-state index in [1.54, 1.807) is 4.90 Å². The average molecular weight is 272 g/mol. The first-order valence-corrected chi connectivity index (χ1v) is 6.63. The Kier molecular flexibility index (Phi) is 3.18. The molecule has 0 radical (unpaired) electrons. The number of fused-ring (bicyclic) bond motifs is 1. The number of likely N-dealkylation sites (tertiary alicyclic amines) is 1. The van der Waals surface area contributed by atoms with Gasteiger partial charge in [-0.1, -0.05) is 6.07 Å². The van der Waals surface area contributed by atoms with Gasteiger partial charge in [-0.15, -0.1) is 0 Å². The molecule has 1 aromatic heterocycles. The van der Waals surface area contributed by atoms with Gasteiger partial charge in [0.1, 0.15) is 0 Å². The van der Waals surface area contributed by atoms with Crippen LogP contribution in [0.1, 0.15) is 16.8 Å². The first kappa shape index (κ1) is 12.7. The van der Waals surface area contributed by atoms with E-state index in [4.69, 9.17) is 4.74 Å². The van der Waals surface area contributed by atoms with Gasteiger partial charge in [0.2, 0.25) is 0 Å². The zero-order valence-corrected chi connectivity index (χ0v) is 11.3. The molecule has 0 aliphatic carbocycles. The third kappa shape index (κ3) is 2.15. The van der Waals surface area contributed by atoms with Crippen LogP contribution < -0.4 is 0 Å². The summed E-state index contributed by atoms with van der Waals surface area (Å²) in [7, 11) is 1.38. The summed E-state index contributed by atoms with van der Waals surface area (Å²) < 4.78 is 4.73. The third-order valence-corrected chi connectivity index (χ3v) is 3.81. The van der Waals surface area contributed by atoms with Gasteiger partial charge in [-0.3, -0.25) is 9.59 Å². The number of methoxy groups -OCH3 is 1. The summed E-state index contributed by atoms with van der Waals surface area (Å²) in [5.41, 5.74) is 1.59. The van der Waals surface area contributed by atoms with E-state index in [2.05, 4.69) is 4.98 Å². The van der Waals surface area contributed by atoms with Crippen molar-refractivity contribution in [3.05, 3.63) is 36.0 Å². The number of nitrogens with zero attached hydrogens (tertiary/aromatic N) is 1. The number of nitrogens with one attached hydrogen (secondary N) is 1. The van der Waals surface area contributed by atoms with Crippen molar-refractivity contribution in [2.45, 2.75) is 6.42 Å². The number of hydrogen-bond donors (Lipinski definition) is 1. The van der Waals surface area contributed by atoms with E-state index in [0.29, 0.717) is 25.1 Å². The highest BCUT2D eigenvalue weighted by atomic mass is 16.5. The molecule has 1 atom stereocenters. The molecule has 0 saturated carbocycles. The highest BCUT2D eigenvalue weighted by Gasteiger charge is 2.32. The second-order valence-electron chi connectivity index (χ2n) is 5.04. The molecule has 3 rings (SSSR count). The summed E-state index contributed by atoms with van der Waals surface area (Å²) >= 11 is 0. The maximum Gasteiger partial charge on any atom is 0.310 e. The first-order valence-electron chi connectivity index (χ1n) is 6.63. The zero-order valence-electron chi connectivity index (χ0n) is 11.3. The molecule has 5 heteroatoms.